The molecule has 0 aliphatic heterocycles. The molecule has 1 aromatic carbocycles. The molecule has 0 atom stereocenters. The Bertz CT molecular complexity index is 359. The van der Waals surface area contributed by atoms with Gasteiger partial charge in [-0.3, -0.25) is 9.63 Å². The van der Waals surface area contributed by atoms with Crippen LogP contribution in [0.5, 0.6) is 5.75 Å². The fourth-order valence-corrected chi connectivity index (χ4v) is 1.21. The van der Waals surface area contributed by atoms with E-state index in [0.717, 1.165) is 0 Å². The van der Waals surface area contributed by atoms with Gasteiger partial charge in [0.25, 0.3) is 5.91 Å². The van der Waals surface area contributed by atoms with Crippen LogP contribution >= 0.6 is 15.9 Å². The molecule has 0 radical (unpaired) electrons. The molecule has 0 aliphatic carbocycles. The maximum absolute atomic E-state index is 13.2. The lowest BCUT2D eigenvalue weighted by atomic mass is 10.3. The quantitative estimate of drug-likeness (QED) is 0.852. The van der Waals surface area contributed by atoms with Crippen LogP contribution in [0, 0.1) is 5.82 Å². The minimum atomic E-state index is -0.533. The zero-order valence-corrected chi connectivity index (χ0v) is 9.51. The number of rotatable bonds is 4. The smallest absolute Gasteiger partial charge is 0.281 e. The summed E-state index contributed by atoms with van der Waals surface area (Å²) in [6.07, 6.45) is 0. The van der Waals surface area contributed by atoms with Crippen molar-refractivity contribution < 1.29 is 18.8 Å². The summed E-state index contributed by atoms with van der Waals surface area (Å²) in [5.41, 5.74) is 2.05. The second kappa shape index (κ2) is 5.67. The van der Waals surface area contributed by atoms with Crippen LogP contribution in [-0.2, 0) is 9.63 Å². The molecule has 0 heterocycles. The van der Waals surface area contributed by atoms with Crippen molar-refractivity contribution in [3.63, 3.8) is 0 Å². The van der Waals surface area contributed by atoms with E-state index in [-0.39, 0.29) is 12.4 Å². The first kappa shape index (κ1) is 11.9. The number of ether oxygens (including phenoxy) is 1. The average Bonchev–Trinajstić information content (AvgIpc) is 2.17. The third-order valence-electron chi connectivity index (χ3n) is 1.47. The topological polar surface area (TPSA) is 47.6 Å². The second-order valence-corrected chi connectivity index (χ2v) is 3.51. The summed E-state index contributed by atoms with van der Waals surface area (Å²) in [7, 11) is 1.30. The zero-order chi connectivity index (χ0) is 11.3. The molecule has 82 valence electrons. The molecule has 0 aromatic heterocycles. The van der Waals surface area contributed by atoms with Gasteiger partial charge in [-0.1, -0.05) is 15.9 Å². The Morgan fingerprint density at radius 1 is 1.60 bits per heavy atom. The Hall–Kier alpha value is -1.14. The predicted octanol–water partition coefficient (Wildman–Crippen LogP) is 1.64. The molecule has 0 saturated heterocycles. The monoisotopic (exact) mass is 277 g/mol. The van der Waals surface area contributed by atoms with Crippen LogP contribution in [0.3, 0.4) is 0 Å². The minimum absolute atomic E-state index is 0.0180. The highest BCUT2D eigenvalue weighted by Crippen LogP contribution is 2.21. The number of hydrogen-bond donors (Lipinski definition) is 1. The summed E-state index contributed by atoms with van der Waals surface area (Å²) in [5.74, 6) is -1.00. The molecular formula is C9H9BrFNO3. The molecule has 4 nitrogen and oxygen atoms in total. The Balaban J connectivity index is 2.54. The lowest BCUT2D eigenvalue weighted by Crippen LogP contribution is -2.27. The van der Waals surface area contributed by atoms with Crippen LogP contribution < -0.4 is 10.2 Å². The van der Waals surface area contributed by atoms with E-state index in [9.17, 15) is 9.18 Å². The summed E-state index contributed by atoms with van der Waals surface area (Å²) in [6, 6.07) is 4.30. The van der Waals surface area contributed by atoms with Crippen LogP contribution in [0.4, 0.5) is 4.39 Å². The Morgan fingerprint density at radius 2 is 2.33 bits per heavy atom. The molecular weight excluding hydrogens is 269 g/mol. The van der Waals surface area contributed by atoms with Gasteiger partial charge in [0.05, 0.1) is 7.11 Å². The molecule has 0 aliphatic rings. The molecule has 1 aromatic rings. The van der Waals surface area contributed by atoms with Gasteiger partial charge in [0.15, 0.2) is 18.2 Å². The van der Waals surface area contributed by atoms with Gasteiger partial charge in [0.1, 0.15) is 0 Å². The second-order valence-electron chi connectivity index (χ2n) is 2.59. The van der Waals surface area contributed by atoms with Crippen molar-refractivity contribution in [3.05, 3.63) is 28.5 Å². The highest BCUT2D eigenvalue weighted by Gasteiger charge is 2.06. The maximum atomic E-state index is 13.2. The van der Waals surface area contributed by atoms with Gasteiger partial charge in [-0.05, 0) is 18.2 Å². The third kappa shape index (κ3) is 3.85. The average molecular weight is 278 g/mol. The van der Waals surface area contributed by atoms with Gasteiger partial charge in [-0.2, -0.15) is 0 Å². The summed E-state index contributed by atoms with van der Waals surface area (Å²) in [6.45, 7) is -0.299. The normalized spacial score (nSPS) is 9.80. The Morgan fingerprint density at radius 3 is 2.93 bits per heavy atom. The number of hydrogen-bond acceptors (Lipinski definition) is 3. The predicted molar refractivity (Wildman–Crippen MR) is 54.7 cm³/mol. The molecule has 0 bridgehead atoms. The number of carbonyl (C=O) groups excluding carboxylic acids is 1. The fraction of sp³-hybridized carbons (Fsp3) is 0.222. The van der Waals surface area contributed by atoms with Crippen LogP contribution in [0.2, 0.25) is 0 Å². The van der Waals surface area contributed by atoms with Crippen molar-refractivity contribution in [1.29, 1.82) is 0 Å². The summed E-state index contributed by atoms with van der Waals surface area (Å²) >= 11 is 3.11. The van der Waals surface area contributed by atoms with E-state index in [1.54, 1.807) is 6.07 Å². The van der Waals surface area contributed by atoms with Gasteiger partial charge in [-0.25, -0.2) is 9.87 Å². The first-order chi connectivity index (χ1) is 7.13. The van der Waals surface area contributed by atoms with Gasteiger partial charge < -0.3 is 4.74 Å². The Kier molecular flexibility index (Phi) is 4.51. The van der Waals surface area contributed by atoms with E-state index in [2.05, 4.69) is 26.2 Å². The van der Waals surface area contributed by atoms with Gasteiger partial charge in [0, 0.05) is 4.47 Å². The van der Waals surface area contributed by atoms with E-state index >= 15 is 0 Å². The lowest BCUT2D eigenvalue weighted by Gasteiger charge is -2.06. The van der Waals surface area contributed by atoms with Crippen molar-refractivity contribution in [2.45, 2.75) is 0 Å². The van der Waals surface area contributed by atoms with Gasteiger partial charge in [0.2, 0.25) is 0 Å². The molecule has 1 N–H and O–H groups in total. The molecule has 0 saturated carbocycles. The van der Waals surface area contributed by atoms with E-state index < -0.39 is 11.7 Å². The zero-order valence-electron chi connectivity index (χ0n) is 7.92. The van der Waals surface area contributed by atoms with E-state index in [0.29, 0.717) is 4.47 Å². The van der Waals surface area contributed by atoms with Crippen LogP contribution in [0.1, 0.15) is 0 Å². The molecule has 0 fully saturated rings. The van der Waals surface area contributed by atoms with Crippen LogP contribution in [0.25, 0.3) is 0 Å². The molecule has 15 heavy (non-hydrogen) atoms. The van der Waals surface area contributed by atoms with Crippen LogP contribution in [0.15, 0.2) is 22.7 Å². The van der Waals surface area contributed by atoms with Gasteiger partial charge >= 0.3 is 0 Å². The molecule has 0 spiro atoms. The van der Waals surface area contributed by atoms with Crippen molar-refractivity contribution in [1.82, 2.24) is 5.48 Å². The number of amides is 1. The summed E-state index contributed by atoms with van der Waals surface area (Å²) in [4.78, 5) is 15.3. The Labute approximate surface area is 94.5 Å². The maximum Gasteiger partial charge on any atom is 0.281 e. The largest absolute Gasteiger partial charge is 0.481 e. The van der Waals surface area contributed by atoms with Crippen LogP contribution in [-0.4, -0.2) is 19.6 Å². The summed E-state index contributed by atoms with van der Waals surface area (Å²) in [5, 5.41) is 0. The number of nitrogens with one attached hydrogen (secondary N) is 1. The highest BCUT2D eigenvalue weighted by atomic mass is 79.9. The minimum Gasteiger partial charge on any atom is -0.481 e. The SMILES string of the molecule is CONC(=O)COc1ccc(Br)cc1F. The van der Waals surface area contributed by atoms with Crippen molar-refractivity contribution >= 4 is 21.8 Å². The van der Waals surface area contributed by atoms with Gasteiger partial charge in [-0.15, -0.1) is 0 Å². The van der Waals surface area contributed by atoms with Crippen molar-refractivity contribution in [2.75, 3.05) is 13.7 Å². The van der Waals surface area contributed by atoms with Crippen molar-refractivity contribution in [3.8, 4) is 5.75 Å². The third-order valence-corrected chi connectivity index (χ3v) is 1.96. The number of carbonyl (C=O) groups is 1. The van der Waals surface area contributed by atoms with E-state index in [1.807, 2.05) is 0 Å². The highest BCUT2D eigenvalue weighted by molar-refractivity contribution is 9.10. The lowest BCUT2D eigenvalue weighted by molar-refractivity contribution is -0.133. The molecule has 1 amide bonds. The van der Waals surface area contributed by atoms with E-state index in [4.69, 9.17) is 4.74 Å². The first-order valence-corrected chi connectivity index (χ1v) is 4.82. The first-order valence-electron chi connectivity index (χ1n) is 4.03. The molecule has 6 heteroatoms. The number of benzene rings is 1. The van der Waals surface area contributed by atoms with E-state index in [1.165, 1.54) is 19.2 Å². The molecule has 0 unspecified atom stereocenters. The molecule has 1 rings (SSSR count). The summed E-state index contributed by atoms with van der Waals surface area (Å²) < 4.78 is 18.7. The fourth-order valence-electron chi connectivity index (χ4n) is 0.879. The number of halogens is 2. The van der Waals surface area contributed by atoms with Crippen molar-refractivity contribution in [2.24, 2.45) is 0 Å². The number of hydroxylamine groups is 1. The standard InChI is InChI=1S/C9H9BrFNO3/c1-14-12-9(13)5-15-8-3-2-6(10)4-7(8)11/h2-4H,5H2,1H3,(H,12,13).